The number of amides is 1. The minimum absolute atomic E-state index is 0.0581. The molecule has 2 fully saturated rings. The Balaban J connectivity index is 1.88. The fourth-order valence-corrected chi connectivity index (χ4v) is 5.29. The molecule has 4 rings (SSSR count). The van der Waals surface area contributed by atoms with E-state index in [9.17, 15) is 14.7 Å². The first kappa shape index (κ1) is 18.0. The molecule has 1 aliphatic heterocycles. The third kappa shape index (κ3) is 3.10. The molecule has 5 heteroatoms. The van der Waals surface area contributed by atoms with E-state index in [4.69, 9.17) is 0 Å². The van der Waals surface area contributed by atoms with Gasteiger partial charge in [0, 0.05) is 16.5 Å². The van der Waals surface area contributed by atoms with Gasteiger partial charge in [-0.3, -0.25) is 9.59 Å². The minimum Gasteiger partial charge on any atom is -0.507 e. The number of carbonyl (C=O) groups is 2. The van der Waals surface area contributed by atoms with E-state index in [1.165, 1.54) is 6.42 Å². The minimum atomic E-state index is -0.570. The highest BCUT2D eigenvalue weighted by molar-refractivity contribution is 7.10. The quantitative estimate of drug-likeness (QED) is 0.471. The second kappa shape index (κ2) is 7.31. The number of likely N-dealkylation sites (tertiary alicyclic amines) is 1. The van der Waals surface area contributed by atoms with Gasteiger partial charge >= 0.3 is 0 Å². The second-order valence-corrected chi connectivity index (χ2v) is 8.28. The van der Waals surface area contributed by atoms with Crippen LogP contribution in [0.3, 0.4) is 0 Å². The van der Waals surface area contributed by atoms with Crippen LogP contribution in [0, 0.1) is 6.92 Å². The highest BCUT2D eigenvalue weighted by atomic mass is 32.1. The molecule has 1 amide bonds. The summed E-state index contributed by atoms with van der Waals surface area (Å²) in [7, 11) is 0. The van der Waals surface area contributed by atoms with Gasteiger partial charge in [-0.2, -0.15) is 0 Å². The molecule has 1 unspecified atom stereocenters. The zero-order valence-corrected chi connectivity index (χ0v) is 16.2. The fourth-order valence-electron chi connectivity index (χ4n) is 4.26. The zero-order chi connectivity index (χ0) is 19.0. The first-order valence-electron chi connectivity index (χ1n) is 9.49. The number of hydrogen-bond acceptors (Lipinski definition) is 4. The number of nitrogens with zero attached hydrogens (tertiary/aromatic N) is 1. The van der Waals surface area contributed by atoms with Crippen LogP contribution in [-0.2, 0) is 9.59 Å². The predicted molar refractivity (Wildman–Crippen MR) is 107 cm³/mol. The second-order valence-electron chi connectivity index (χ2n) is 7.33. The molecular weight excluding hydrogens is 358 g/mol. The SMILES string of the molecule is Cc1ccsc1C1/C(=C(/O)c2ccccc2)C(=O)C(=O)N1C1CCCCC1. The molecule has 0 radical (unpaired) electrons. The Morgan fingerprint density at radius 2 is 1.78 bits per heavy atom. The van der Waals surface area contributed by atoms with E-state index < -0.39 is 17.7 Å². The number of aryl methyl sites for hydroxylation is 1. The predicted octanol–water partition coefficient (Wildman–Crippen LogP) is 4.81. The van der Waals surface area contributed by atoms with Gasteiger partial charge in [0.05, 0.1) is 5.57 Å². The van der Waals surface area contributed by atoms with Crippen LogP contribution in [-0.4, -0.2) is 27.7 Å². The maximum atomic E-state index is 13.0. The molecule has 140 valence electrons. The Hall–Kier alpha value is -2.40. The van der Waals surface area contributed by atoms with Crippen molar-refractivity contribution >= 4 is 28.8 Å². The summed E-state index contributed by atoms with van der Waals surface area (Å²) in [6.07, 6.45) is 5.15. The maximum absolute atomic E-state index is 13.0. The van der Waals surface area contributed by atoms with Gasteiger partial charge in [0.25, 0.3) is 11.7 Å². The lowest BCUT2D eigenvalue weighted by atomic mass is 9.92. The van der Waals surface area contributed by atoms with E-state index in [-0.39, 0.29) is 17.4 Å². The van der Waals surface area contributed by atoms with Gasteiger partial charge < -0.3 is 10.0 Å². The van der Waals surface area contributed by atoms with Crippen molar-refractivity contribution < 1.29 is 14.7 Å². The van der Waals surface area contributed by atoms with Crippen LogP contribution in [0.1, 0.15) is 54.1 Å². The number of ketones is 1. The van der Waals surface area contributed by atoms with Crippen molar-refractivity contribution in [1.29, 1.82) is 0 Å². The molecule has 2 heterocycles. The smallest absolute Gasteiger partial charge is 0.295 e. The normalized spacial score (nSPS) is 23.1. The zero-order valence-electron chi connectivity index (χ0n) is 15.4. The lowest BCUT2D eigenvalue weighted by molar-refractivity contribution is -0.141. The Labute approximate surface area is 163 Å². The van der Waals surface area contributed by atoms with Gasteiger partial charge in [-0.15, -0.1) is 11.3 Å². The fraction of sp³-hybridized carbons (Fsp3) is 0.364. The third-order valence-corrected chi connectivity index (χ3v) is 6.72. The van der Waals surface area contributed by atoms with Crippen LogP contribution < -0.4 is 0 Å². The van der Waals surface area contributed by atoms with Gasteiger partial charge in [0.15, 0.2) is 0 Å². The lowest BCUT2D eigenvalue weighted by Gasteiger charge is -2.35. The molecule has 1 saturated heterocycles. The molecule has 0 spiro atoms. The Bertz CT molecular complexity index is 893. The van der Waals surface area contributed by atoms with Gasteiger partial charge in [-0.05, 0) is 36.8 Å². The van der Waals surface area contributed by atoms with E-state index in [0.717, 1.165) is 36.1 Å². The van der Waals surface area contributed by atoms with E-state index >= 15 is 0 Å². The summed E-state index contributed by atoms with van der Waals surface area (Å²) >= 11 is 1.54. The van der Waals surface area contributed by atoms with Crippen molar-refractivity contribution in [3.05, 3.63) is 63.4 Å². The van der Waals surface area contributed by atoms with Gasteiger partial charge in [0.2, 0.25) is 0 Å². The van der Waals surface area contributed by atoms with Crippen LogP contribution >= 0.6 is 11.3 Å². The number of aliphatic hydroxyl groups is 1. The molecule has 1 N–H and O–H groups in total. The number of benzene rings is 1. The number of thiophene rings is 1. The standard InChI is InChI=1S/C22H23NO3S/c1-14-12-13-27-21(14)18-17(19(24)15-8-4-2-5-9-15)20(25)22(26)23(18)16-10-6-3-7-11-16/h2,4-5,8-9,12-13,16,18,24H,3,6-7,10-11H2,1H3/b19-17-. The van der Waals surface area contributed by atoms with Crippen LogP contribution in [0.25, 0.3) is 5.76 Å². The van der Waals surface area contributed by atoms with Crippen LogP contribution in [0.15, 0.2) is 47.4 Å². The van der Waals surface area contributed by atoms with Crippen molar-refractivity contribution in [3.8, 4) is 0 Å². The average Bonchev–Trinajstić information content (AvgIpc) is 3.23. The van der Waals surface area contributed by atoms with Gasteiger partial charge in [-0.25, -0.2) is 0 Å². The van der Waals surface area contributed by atoms with Crippen molar-refractivity contribution in [1.82, 2.24) is 4.90 Å². The highest BCUT2D eigenvalue weighted by Crippen LogP contribution is 2.45. The highest BCUT2D eigenvalue weighted by Gasteiger charge is 2.49. The molecule has 0 bridgehead atoms. The third-order valence-electron chi connectivity index (χ3n) is 5.65. The summed E-state index contributed by atoms with van der Waals surface area (Å²) in [4.78, 5) is 28.7. The summed E-state index contributed by atoms with van der Waals surface area (Å²) < 4.78 is 0. The van der Waals surface area contributed by atoms with E-state index in [1.54, 1.807) is 28.4 Å². The number of rotatable bonds is 3. The number of Topliss-reactive ketones (excluding diaryl/α,β-unsaturated/α-hetero) is 1. The summed E-state index contributed by atoms with van der Waals surface area (Å²) in [5.41, 5.74) is 1.84. The molecule has 27 heavy (non-hydrogen) atoms. The summed E-state index contributed by atoms with van der Waals surface area (Å²) in [6.45, 7) is 2.00. The molecular formula is C22H23NO3S. The lowest BCUT2D eigenvalue weighted by Crippen LogP contribution is -2.40. The van der Waals surface area contributed by atoms with E-state index in [2.05, 4.69) is 0 Å². The van der Waals surface area contributed by atoms with Crippen molar-refractivity contribution in [3.63, 3.8) is 0 Å². The van der Waals surface area contributed by atoms with Crippen molar-refractivity contribution in [2.45, 2.75) is 51.1 Å². The Kier molecular flexibility index (Phi) is 4.87. The van der Waals surface area contributed by atoms with Gasteiger partial charge in [0.1, 0.15) is 11.8 Å². The molecule has 4 nitrogen and oxygen atoms in total. The van der Waals surface area contributed by atoms with Crippen molar-refractivity contribution in [2.75, 3.05) is 0 Å². The molecule has 2 aromatic rings. The topological polar surface area (TPSA) is 57.6 Å². The summed E-state index contributed by atoms with van der Waals surface area (Å²) in [5.74, 6) is -1.12. The molecule has 1 aromatic heterocycles. The molecule has 1 saturated carbocycles. The van der Waals surface area contributed by atoms with E-state index in [0.29, 0.717) is 5.56 Å². The Morgan fingerprint density at radius 3 is 2.41 bits per heavy atom. The monoisotopic (exact) mass is 381 g/mol. The first-order valence-corrected chi connectivity index (χ1v) is 10.4. The maximum Gasteiger partial charge on any atom is 0.295 e. The van der Waals surface area contributed by atoms with Gasteiger partial charge in [-0.1, -0.05) is 49.6 Å². The molecule has 1 atom stereocenters. The number of aliphatic hydroxyl groups excluding tert-OH is 1. The largest absolute Gasteiger partial charge is 0.507 e. The van der Waals surface area contributed by atoms with E-state index in [1.807, 2.05) is 36.6 Å². The van der Waals surface area contributed by atoms with Crippen LogP contribution in [0.2, 0.25) is 0 Å². The van der Waals surface area contributed by atoms with Crippen LogP contribution in [0.5, 0.6) is 0 Å². The molecule has 2 aliphatic rings. The molecule has 1 aromatic carbocycles. The number of hydrogen-bond donors (Lipinski definition) is 1. The number of carbonyl (C=O) groups excluding carboxylic acids is 2. The average molecular weight is 381 g/mol. The Morgan fingerprint density at radius 1 is 1.07 bits per heavy atom. The summed E-state index contributed by atoms with van der Waals surface area (Å²) in [5, 5.41) is 12.9. The summed E-state index contributed by atoms with van der Waals surface area (Å²) in [6, 6.07) is 10.6. The van der Waals surface area contributed by atoms with Crippen molar-refractivity contribution in [2.24, 2.45) is 0 Å². The first-order chi connectivity index (χ1) is 13.1. The van der Waals surface area contributed by atoms with Crippen LogP contribution in [0.4, 0.5) is 0 Å². The molecule has 1 aliphatic carbocycles.